The van der Waals surface area contributed by atoms with E-state index in [1.54, 1.807) is 35.5 Å². The van der Waals surface area contributed by atoms with E-state index in [-0.39, 0.29) is 43.1 Å². The summed E-state index contributed by atoms with van der Waals surface area (Å²) in [6.07, 6.45) is 6.11. The molecule has 2 aromatic heterocycles. The number of nitrogens with zero attached hydrogens (tertiary/aromatic N) is 4. The average Bonchev–Trinajstić information content (AvgIpc) is 3.10. The fourth-order valence-corrected chi connectivity index (χ4v) is 3.86. The van der Waals surface area contributed by atoms with Crippen molar-refractivity contribution in [3.05, 3.63) is 36.2 Å². The Kier molecular flexibility index (Phi) is 5.65. The second-order valence-corrected chi connectivity index (χ2v) is 7.72. The summed E-state index contributed by atoms with van der Waals surface area (Å²) in [7, 11) is 0. The normalized spacial score (nSPS) is 23.2. The first-order valence-electron chi connectivity index (χ1n) is 10.0. The Morgan fingerprint density at radius 1 is 1.20 bits per heavy atom. The second kappa shape index (κ2) is 8.37. The predicted molar refractivity (Wildman–Crippen MR) is 107 cm³/mol. The number of pyridine rings is 1. The number of halogens is 2. The molecular formula is C20H24F2N6O2. The summed E-state index contributed by atoms with van der Waals surface area (Å²) in [5.74, 6) is -2.02. The Labute approximate surface area is 172 Å². The maximum Gasteiger partial charge on any atom is 0.266 e. The molecule has 1 amide bonds. The Morgan fingerprint density at radius 3 is 2.70 bits per heavy atom. The highest BCUT2D eigenvalue weighted by Crippen LogP contribution is 2.30. The molecule has 160 valence electrons. The van der Waals surface area contributed by atoms with Gasteiger partial charge in [0, 0.05) is 31.4 Å². The first kappa shape index (κ1) is 20.2. The number of alkyl halides is 2. The van der Waals surface area contributed by atoms with Gasteiger partial charge in [-0.2, -0.15) is 4.98 Å². The van der Waals surface area contributed by atoms with Crippen LogP contribution in [0.2, 0.25) is 0 Å². The lowest BCUT2D eigenvalue weighted by Crippen LogP contribution is -2.32. The van der Waals surface area contributed by atoms with E-state index in [4.69, 9.17) is 10.5 Å². The quantitative estimate of drug-likeness (QED) is 0.743. The summed E-state index contributed by atoms with van der Waals surface area (Å²) < 4.78 is 32.8. The van der Waals surface area contributed by atoms with Gasteiger partial charge in [0.05, 0.1) is 6.54 Å². The van der Waals surface area contributed by atoms with Crippen LogP contribution in [0.5, 0.6) is 5.88 Å². The van der Waals surface area contributed by atoms with Gasteiger partial charge in [0.25, 0.3) is 11.8 Å². The smallest absolute Gasteiger partial charge is 0.266 e. The predicted octanol–water partition coefficient (Wildman–Crippen LogP) is 2.62. The molecule has 8 nitrogen and oxygen atoms in total. The van der Waals surface area contributed by atoms with Crippen molar-refractivity contribution in [2.45, 2.75) is 50.2 Å². The minimum absolute atomic E-state index is 0.0601. The van der Waals surface area contributed by atoms with Crippen molar-refractivity contribution in [1.82, 2.24) is 15.0 Å². The molecule has 1 saturated heterocycles. The number of aromatic nitrogens is 3. The third-order valence-electron chi connectivity index (χ3n) is 5.46. The molecule has 1 aliphatic heterocycles. The number of carbonyl (C=O) groups is 1. The van der Waals surface area contributed by atoms with Crippen molar-refractivity contribution >= 4 is 17.7 Å². The largest absolute Gasteiger partial charge is 0.474 e. The second-order valence-electron chi connectivity index (χ2n) is 7.72. The van der Waals surface area contributed by atoms with Crippen molar-refractivity contribution in [1.29, 1.82) is 0 Å². The lowest BCUT2D eigenvalue weighted by Gasteiger charge is -2.29. The number of hydrogen-bond donors (Lipinski definition) is 2. The molecule has 3 heterocycles. The summed E-state index contributed by atoms with van der Waals surface area (Å²) in [5.41, 5.74) is 5.65. The fraction of sp³-hybridized carbons (Fsp3) is 0.500. The van der Waals surface area contributed by atoms with Crippen LogP contribution in [0.25, 0.3) is 0 Å². The topological polar surface area (TPSA) is 106 Å². The molecular weight excluding hydrogens is 394 g/mol. The first-order chi connectivity index (χ1) is 14.4. The highest BCUT2D eigenvalue weighted by Gasteiger charge is 2.38. The first-order valence-corrected chi connectivity index (χ1v) is 10.0. The van der Waals surface area contributed by atoms with E-state index in [0.29, 0.717) is 11.8 Å². The molecule has 2 aliphatic rings. The van der Waals surface area contributed by atoms with E-state index in [1.165, 1.54) is 0 Å². The van der Waals surface area contributed by atoms with Gasteiger partial charge < -0.3 is 20.7 Å². The van der Waals surface area contributed by atoms with E-state index in [0.717, 1.165) is 25.7 Å². The zero-order chi connectivity index (χ0) is 21.1. The van der Waals surface area contributed by atoms with Crippen LogP contribution in [-0.2, 0) is 0 Å². The molecule has 30 heavy (non-hydrogen) atoms. The molecule has 0 radical (unpaired) electrons. The van der Waals surface area contributed by atoms with Crippen LogP contribution in [0, 0.1) is 0 Å². The number of rotatable bonds is 6. The van der Waals surface area contributed by atoms with Gasteiger partial charge in [-0.1, -0.05) is 0 Å². The van der Waals surface area contributed by atoms with Gasteiger partial charge >= 0.3 is 0 Å². The van der Waals surface area contributed by atoms with Crippen LogP contribution in [0.1, 0.15) is 42.5 Å². The number of ether oxygens (including phenoxy) is 1. The van der Waals surface area contributed by atoms with Gasteiger partial charge in [-0.25, -0.2) is 18.7 Å². The zero-order valence-electron chi connectivity index (χ0n) is 16.4. The summed E-state index contributed by atoms with van der Waals surface area (Å²) in [4.78, 5) is 25.9. The van der Waals surface area contributed by atoms with E-state index >= 15 is 0 Å². The van der Waals surface area contributed by atoms with Gasteiger partial charge in [-0.15, -0.1) is 0 Å². The summed E-state index contributed by atoms with van der Waals surface area (Å²) in [6.45, 7) is -0.0283. The lowest BCUT2D eigenvalue weighted by molar-refractivity contribution is 0.0256. The van der Waals surface area contributed by atoms with Gasteiger partial charge in [0.2, 0.25) is 11.8 Å². The highest BCUT2D eigenvalue weighted by atomic mass is 19.3. The highest BCUT2D eigenvalue weighted by molar-refractivity contribution is 5.94. The molecule has 1 aliphatic carbocycles. The monoisotopic (exact) mass is 418 g/mol. The Balaban J connectivity index is 1.31. The summed E-state index contributed by atoms with van der Waals surface area (Å²) in [6, 6.07) is 5.05. The van der Waals surface area contributed by atoms with Crippen LogP contribution in [0.4, 0.5) is 20.5 Å². The van der Waals surface area contributed by atoms with Crippen LogP contribution in [0.3, 0.4) is 0 Å². The molecule has 1 saturated carbocycles. The number of hydrogen-bond acceptors (Lipinski definition) is 7. The summed E-state index contributed by atoms with van der Waals surface area (Å²) in [5, 5.41) is 3.30. The van der Waals surface area contributed by atoms with E-state index in [1.807, 2.05) is 0 Å². The van der Waals surface area contributed by atoms with E-state index in [9.17, 15) is 13.6 Å². The number of amides is 1. The maximum atomic E-state index is 13.5. The van der Waals surface area contributed by atoms with Crippen molar-refractivity contribution in [3.8, 4) is 5.88 Å². The molecule has 0 aromatic carbocycles. The third-order valence-corrected chi connectivity index (χ3v) is 5.46. The van der Waals surface area contributed by atoms with Crippen molar-refractivity contribution in [2.24, 2.45) is 5.73 Å². The number of nitrogens with one attached hydrogen (secondary N) is 1. The molecule has 0 atom stereocenters. The molecule has 0 bridgehead atoms. The Bertz CT molecular complexity index is 904. The fourth-order valence-electron chi connectivity index (χ4n) is 3.86. The van der Waals surface area contributed by atoms with Gasteiger partial charge in [0.15, 0.2) is 0 Å². The molecule has 10 heteroatoms. The van der Waals surface area contributed by atoms with Crippen molar-refractivity contribution in [2.75, 3.05) is 23.3 Å². The zero-order valence-corrected chi connectivity index (χ0v) is 16.4. The molecule has 3 N–H and O–H groups in total. The van der Waals surface area contributed by atoms with Gasteiger partial charge in [-0.05, 0) is 43.9 Å². The van der Waals surface area contributed by atoms with Gasteiger partial charge in [-0.3, -0.25) is 4.79 Å². The third kappa shape index (κ3) is 4.74. The molecule has 2 aromatic rings. The SMILES string of the molecule is NC(=O)c1cccnc1OC1CCC(Nc2nccc(N3CCC(F)(F)C3)n2)CC1. The van der Waals surface area contributed by atoms with E-state index < -0.39 is 11.8 Å². The molecule has 4 rings (SSSR count). The Hall–Kier alpha value is -3.04. The average molecular weight is 418 g/mol. The minimum atomic E-state index is -2.67. The Morgan fingerprint density at radius 2 is 2.00 bits per heavy atom. The molecule has 0 unspecified atom stereocenters. The lowest BCUT2D eigenvalue weighted by atomic mass is 9.93. The van der Waals surface area contributed by atoms with Crippen LogP contribution in [-0.4, -0.2) is 52.0 Å². The van der Waals surface area contributed by atoms with Gasteiger partial charge in [0.1, 0.15) is 17.5 Å². The van der Waals surface area contributed by atoms with Crippen molar-refractivity contribution < 1.29 is 18.3 Å². The number of carbonyl (C=O) groups excluding carboxylic acids is 1. The molecule has 0 spiro atoms. The number of primary amides is 1. The van der Waals surface area contributed by atoms with Crippen LogP contribution < -0.4 is 20.7 Å². The minimum Gasteiger partial charge on any atom is -0.474 e. The maximum absolute atomic E-state index is 13.5. The number of nitrogens with two attached hydrogens (primary N) is 1. The number of anilines is 2. The summed E-state index contributed by atoms with van der Waals surface area (Å²) >= 11 is 0. The van der Waals surface area contributed by atoms with E-state index in [2.05, 4.69) is 20.3 Å². The molecule has 2 fully saturated rings. The van der Waals surface area contributed by atoms with Crippen molar-refractivity contribution in [3.63, 3.8) is 0 Å². The standard InChI is InChI=1S/C20H24F2N6O2/c21-20(22)8-11-28(12-20)16-7-10-25-19(27-16)26-13-3-5-14(6-4-13)30-18-15(17(23)29)2-1-9-24-18/h1-2,7,9-10,13-14H,3-6,8,11-12H2,(H2,23,29)(H,25,26,27). The van der Waals surface area contributed by atoms with Crippen LogP contribution >= 0.6 is 0 Å². The van der Waals surface area contributed by atoms with Crippen LogP contribution in [0.15, 0.2) is 30.6 Å².